The number of rotatable bonds is 5. The zero-order chi connectivity index (χ0) is 15.5. The van der Waals surface area contributed by atoms with Crippen molar-refractivity contribution >= 4 is 12.6 Å². The maximum Gasteiger partial charge on any atom is 0.573 e. The van der Waals surface area contributed by atoms with Crippen LogP contribution in [0.5, 0.6) is 11.5 Å². The summed E-state index contributed by atoms with van der Waals surface area (Å²) in [5.74, 6) is -2.47. The lowest BCUT2D eigenvalue weighted by Crippen LogP contribution is -2.33. The fourth-order valence-electron chi connectivity index (χ4n) is 1.34. The van der Waals surface area contributed by atoms with Crippen LogP contribution in [0.3, 0.4) is 0 Å². The molecule has 1 rings (SSSR count). The second-order valence-electron chi connectivity index (χ2n) is 4.45. The van der Waals surface area contributed by atoms with Crippen LogP contribution >= 0.6 is 0 Å². The molecule has 4 nitrogen and oxygen atoms in total. The van der Waals surface area contributed by atoms with E-state index in [9.17, 15) is 17.6 Å². The van der Waals surface area contributed by atoms with Gasteiger partial charge in [0, 0.05) is 11.5 Å². The molecule has 0 aliphatic heterocycles. The molecule has 0 radical (unpaired) electrons. The average Bonchev–Trinajstić information content (AvgIpc) is 2.26. The molecule has 1 aromatic carbocycles. The standard InChI is InChI=1S/C11H13BF4O4/c1-6(2)5-19-9-4-7(20-11(14,15)16)3-8(10(9)13)12(17)18/h3-4,6,17-18H,5H2,1-2H3. The molecule has 0 aromatic heterocycles. The molecule has 0 saturated heterocycles. The topological polar surface area (TPSA) is 58.9 Å². The zero-order valence-electron chi connectivity index (χ0n) is 10.7. The minimum absolute atomic E-state index is 0.00379. The third-order valence-electron chi connectivity index (χ3n) is 2.12. The van der Waals surface area contributed by atoms with Crippen LogP contribution in [-0.4, -0.2) is 30.1 Å². The first kappa shape index (κ1) is 16.6. The molecule has 0 atom stereocenters. The third kappa shape index (κ3) is 4.89. The molecular formula is C11H13BF4O4. The molecule has 0 aliphatic rings. The fourth-order valence-corrected chi connectivity index (χ4v) is 1.34. The summed E-state index contributed by atoms with van der Waals surface area (Å²) in [4.78, 5) is 0. The van der Waals surface area contributed by atoms with Gasteiger partial charge in [0.1, 0.15) is 5.75 Å². The van der Waals surface area contributed by atoms with Crippen molar-refractivity contribution in [2.75, 3.05) is 6.61 Å². The first-order valence-corrected chi connectivity index (χ1v) is 5.68. The SMILES string of the molecule is CC(C)COc1cc(OC(F)(F)F)cc(B(O)O)c1F. The minimum atomic E-state index is -4.98. The molecule has 0 saturated carbocycles. The van der Waals surface area contributed by atoms with Gasteiger partial charge in [0.15, 0.2) is 11.6 Å². The Hall–Kier alpha value is -1.48. The molecular weight excluding hydrogens is 283 g/mol. The van der Waals surface area contributed by atoms with Gasteiger partial charge in [0.25, 0.3) is 0 Å². The molecule has 0 aliphatic carbocycles. The Morgan fingerprint density at radius 3 is 2.30 bits per heavy atom. The van der Waals surface area contributed by atoms with Crippen molar-refractivity contribution in [2.24, 2.45) is 5.92 Å². The van der Waals surface area contributed by atoms with Gasteiger partial charge in [-0.05, 0) is 12.0 Å². The Labute approximate surface area is 113 Å². The summed E-state index contributed by atoms with van der Waals surface area (Å²) in [5, 5.41) is 17.9. The van der Waals surface area contributed by atoms with Crippen molar-refractivity contribution < 1.29 is 37.1 Å². The van der Waals surface area contributed by atoms with Crippen LogP contribution < -0.4 is 14.9 Å². The van der Waals surface area contributed by atoms with E-state index in [2.05, 4.69) is 4.74 Å². The van der Waals surface area contributed by atoms with Crippen LogP contribution in [0.15, 0.2) is 12.1 Å². The highest BCUT2D eigenvalue weighted by Crippen LogP contribution is 2.27. The predicted molar refractivity (Wildman–Crippen MR) is 63.2 cm³/mol. The normalized spacial score (nSPS) is 11.7. The highest BCUT2D eigenvalue weighted by atomic mass is 19.4. The quantitative estimate of drug-likeness (QED) is 0.637. The predicted octanol–water partition coefficient (Wildman–Crippen LogP) is 1.44. The molecule has 2 N–H and O–H groups in total. The van der Waals surface area contributed by atoms with Crippen LogP contribution in [0.25, 0.3) is 0 Å². The maximum atomic E-state index is 13.8. The van der Waals surface area contributed by atoms with E-state index < -0.39 is 36.3 Å². The van der Waals surface area contributed by atoms with Crippen molar-refractivity contribution in [3.05, 3.63) is 17.9 Å². The van der Waals surface area contributed by atoms with Gasteiger partial charge in [-0.1, -0.05) is 13.8 Å². The highest BCUT2D eigenvalue weighted by molar-refractivity contribution is 6.58. The van der Waals surface area contributed by atoms with Crippen LogP contribution in [-0.2, 0) is 0 Å². The summed E-state index contributed by atoms with van der Waals surface area (Å²) in [7, 11) is -2.28. The van der Waals surface area contributed by atoms with Crippen molar-refractivity contribution in [3.63, 3.8) is 0 Å². The zero-order valence-corrected chi connectivity index (χ0v) is 10.7. The summed E-state index contributed by atoms with van der Waals surface area (Å²) in [6, 6.07) is 1.26. The van der Waals surface area contributed by atoms with Crippen molar-refractivity contribution in [1.82, 2.24) is 0 Å². The van der Waals surface area contributed by atoms with E-state index in [0.29, 0.717) is 12.1 Å². The largest absolute Gasteiger partial charge is 0.573 e. The summed E-state index contributed by atoms with van der Waals surface area (Å²) in [6.45, 7) is 3.57. The molecule has 0 bridgehead atoms. The molecule has 0 heterocycles. The summed E-state index contributed by atoms with van der Waals surface area (Å²) < 4.78 is 58.8. The first-order chi connectivity index (χ1) is 9.10. The van der Waals surface area contributed by atoms with Crippen molar-refractivity contribution in [2.45, 2.75) is 20.2 Å². The third-order valence-corrected chi connectivity index (χ3v) is 2.12. The maximum absolute atomic E-state index is 13.8. The van der Waals surface area contributed by atoms with E-state index in [-0.39, 0.29) is 12.5 Å². The van der Waals surface area contributed by atoms with Crippen molar-refractivity contribution in [1.29, 1.82) is 0 Å². The molecule has 0 fully saturated rings. The second kappa shape index (κ2) is 6.32. The molecule has 9 heteroatoms. The Balaban J connectivity index is 3.14. The van der Waals surface area contributed by atoms with Gasteiger partial charge < -0.3 is 19.5 Å². The Kier molecular flexibility index (Phi) is 5.24. The summed E-state index contributed by atoms with van der Waals surface area (Å²) in [5.41, 5.74) is -0.759. The smallest absolute Gasteiger partial charge is 0.490 e. The second-order valence-corrected chi connectivity index (χ2v) is 4.45. The number of hydrogen-bond acceptors (Lipinski definition) is 4. The minimum Gasteiger partial charge on any atom is -0.490 e. The molecule has 20 heavy (non-hydrogen) atoms. The van der Waals surface area contributed by atoms with Crippen molar-refractivity contribution in [3.8, 4) is 11.5 Å². The molecule has 112 valence electrons. The van der Waals surface area contributed by atoms with Crippen LogP contribution in [0.2, 0.25) is 0 Å². The van der Waals surface area contributed by atoms with Crippen LogP contribution in [0, 0.1) is 11.7 Å². The van der Waals surface area contributed by atoms with Gasteiger partial charge in [-0.25, -0.2) is 4.39 Å². The number of alkyl halides is 3. The monoisotopic (exact) mass is 296 g/mol. The number of ether oxygens (including phenoxy) is 2. The number of benzene rings is 1. The van der Waals surface area contributed by atoms with Gasteiger partial charge >= 0.3 is 13.5 Å². The van der Waals surface area contributed by atoms with Gasteiger partial charge in [-0.3, -0.25) is 0 Å². The Morgan fingerprint density at radius 2 is 1.85 bits per heavy atom. The lowest BCUT2D eigenvalue weighted by Gasteiger charge is -2.15. The highest BCUT2D eigenvalue weighted by Gasteiger charge is 2.33. The van der Waals surface area contributed by atoms with E-state index >= 15 is 0 Å². The summed E-state index contributed by atoms with van der Waals surface area (Å²) in [6.07, 6.45) is -4.98. The molecule has 0 spiro atoms. The van der Waals surface area contributed by atoms with E-state index in [4.69, 9.17) is 14.8 Å². The van der Waals surface area contributed by atoms with E-state index in [0.717, 1.165) is 0 Å². The van der Waals surface area contributed by atoms with E-state index in [1.807, 2.05) is 0 Å². The van der Waals surface area contributed by atoms with Gasteiger partial charge in [0.05, 0.1) is 6.61 Å². The van der Waals surface area contributed by atoms with E-state index in [1.165, 1.54) is 0 Å². The molecule has 0 amide bonds. The molecule has 1 aromatic rings. The van der Waals surface area contributed by atoms with Gasteiger partial charge in [0.2, 0.25) is 0 Å². The van der Waals surface area contributed by atoms with Gasteiger partial charge in [-0.15, -0.1) is 13.2 Å². The van der Waals surface area contributed by atoms with E-state index in [1.54, 1.807) is 13.8 Å². The summed E-state index contributed by atoms with van der Waals surface area (Å²) >= 11 is 0. The van der Waals surface area contributed by atoms with Crippen LogP contribution in [0.4, 0.5) is 17.6 Å². The first-order valence-electron chi connectivity index (χ1n) is 5.68. The average molecular weight is 296 g/mol. The lowest BCUT2D eigenvalue weighted by atomic mass is 9.79. The lowest BCUT2D eigenvalue weighted by molar-refractivity contribution is -0.274. The fraction of sp³-hybridized carbons (Fsp3) is 0.455. The Morgan fingerprint density at radius 1 is 1.25 bits per heavy atom. The Bertz CT molecular complexity index is 462. The number of halogens is 4. The number of hydrogen-bond donors (Lipinski definition) is 2. The van der Waals surface area contributed by atoms with Gasteiger partial charge in [-0.2, -0.15) is 0 Å². The van der Waals surface area contributed by atoms with Crippen LogP contribution in [0.1, 0.15) is 13.8 Å². The molecule has 0 unspecified atom stereocenters.